The lowest BCUT2D eigenvalue weighted by Crippen LogP contribution is -2.53. The number of piperidine rings is 1. The van der Waals surface area contributed by atoms with Crippen LogP contribution in [0.1, 0.15) is 37.7 Å². The minimum atomic E-state index is -0.937. The number of nitrogens with zero attached hydrogens (tertiary/aromatic N) is 6. The highest BCUT2D eigenvalue weighted by molar-refractivity contribution is 6.33. The molecule has 6 bridgehead atoms. The fourth-order valence-corrected chi connectivity index (χ4v) is 8.04. The number of ether oxygens (including phenoxy) is 2. The van der Waals surface area contributed by atoms with Gasteiger partial charge in [0, 0.05) is 48.2 Å². The summed E-state index contributed by atoms with van der Waals surface area (Å²) in [6, 6.07) is 1.20. The van der Waals surface area contributed by atoms with Gasteiger partial charge in [-0.3, -0.25) is 15.0 Å². The number of hydrogen-bond acceptors (Lipinski definition) is 10. The molecule has 242 valence electrons. The zero-order chi connectivity index (χ0) is 31.6. The van der Waals surface area contributed by atoms with E-state index in [1.54, 1.807) is 17.2 Å². The Kier molecular flexibility index (Phi) is 7.33. The van der Waals surface area contributed by atoms with Crippen LogP contribution in [0.4, 0.5) is 19.4 Å². The average Bonchev–Trinajstić information content (AvgIpc) is 3.72. The van der Waals surface area contributed by atoms with Gasteiger partial charge in [-0.15, -0.1) is 0 Å². The van der Waals surface area contributed by atoms with Crippen molar-refractivity contribution in [1.29, 1.82) is 0 Å². The molecule has 3 fully saturated rings. The number of amides is 1. The molecule has 9 rings (SSSR count). The first kappa shape index (κ1) is 29.5. The van der Waals surface area contributed by atoms with Crippen LogP contribution in [-0.4, -0.2) is 104 Å². The molecule has 5 aliphatic rings. The van der Waals surface area contributed by atoms with Gasteiger partial charge in [0.2, 0.25) is 0 Å². The molecule has 5 aliphatic heterocycles. The Labute approximate surface area is 267 Å². The Morgan fingerprint density at radius 3 is 2.98 bits per heavy atom. The van der Waals surface area contributed by atoms with Crippen molar-refractivity contribution in [1.82, 2.24) is 35.4 Å². The molecule has 15 heteroatoms. The fraction of sp³-hybridized carbons (Fsp3) is 0.516. The quantitative estimate of drug-likeness (QED) is 0.298. The first-order valence-electron chi connectivity index (χ1n) is 15.7. The molecule has 0 unspecified atom stereocenters. The predicted octanol–water partition coefficient (Wildman–Crippen LogP) is 3.93. The summed E-state index contributed by atoms with van der Waals surface area (Å²) in [5, 5.41) is 22.1. The van der Waals surface area contributed by atoms with E-state index >= 15 is 4.39 Å². The molecule has 4 atom stereocenters. The Morgan fingerprint density at radius 1 is 1.20 bits per heavy atom. The average molecular weight is 655 g/mol. The van der Waals surface area contributed by atoms with Crippen molar-refractivity contribution in [3.8, 4) is 17.3 Å². The lowest BCUT2D eigenvalue weighted by atomic mass is 9.95. The monoisotopic (exact) mass is 654 g/mol. The lowest BCUT2D eigenvalue weighted by molar-refractivity contribution is 0.107. The Morgan fingerprint density at radius 2 is 2.09 bits per heavy atom. The Bertz CT molecular complexity index is 1840. The van der Waals surface area contributed by atoms with Crippen LogP contribution in [0.5, 0.6) is 6.01 Å². The maximum Gasteiger partial charge on any atom is 0.407 e. The number of halogens is 3. The summed E-state index contributed by atoms with van der Waals surface area (Å²) < 4.78 is 43.1. The van der Waals surface area contributed by atoms with E-state index in [0.29, 0.717) is 70.5 Å². The van der Waals surface area contributed by atoms with E-state index in [4.69, 9.17) is 26.1 Å². The van der Waals surface area contributed by atoms with Crippen LogP contribution in [0.3, 0.4) is 0 Å². The third-order valence-electron chi connectivity index (χ3n) is 9.76. The van der Waals surface area contributed by atoms with Gasteiger partial charge in [-0.05, 0) is 50.3 Å². The zero-order valence-corrected chi connectivity index (χ0v) is 25.7. The maximum atomic E-state index is 16.9. The van der Waals surface area contributed by atoms with Crippen LogP contribution >= 0.6 is 11.6 Å². The smallest absolute Gasteiger partial charge is 0.407 e. The van der Waals surface area contributed by atoms with Gasteiger partial charge in [0.1, 0.15) is 29.8 Å². The second kappa shape index (κ2) is 11.4. The van der Waals surface area contributed by atoms with E-state index < -0.39 is 35.8 Å². The van der Waals surface area contributed by atoms with Crippen molar-refractivity contribution in [3.05, 3.63) is 34.9 Å². The summed E-state index contributed by atoms with van der Waals surface area (Å²) in [7, 11) is 0. The molecule has 1 amide bonds. The van der Waals surface area contributed by atoms with Gasteiger partial charge < -0.3 is 24.8 Å². The first-order valence-corrected chi connectivity index (χ1v) is 16.0. The number of alkyl carbamates (subject to hydrolysis) is 1. The third kappa shape index (κ3) is 5.06. The molecule has 8 heterocycles. The van der Waals surface area contributed by atoms with Gasteiger partial charge >= 0.3 is 12.1 Å². The molecule has 0 saturated carbocycles. The van der Waals surface area contributed by atoms with Gasteiger partial charge in [0.25, 0.3) is 0 Å². The second-order valence-corrected chi connectivity index (χ2v) is 13.2. The molecule has 46 heavy (non-hydrogen) atoms. The van der Waals surface area contributed by atoms with Crippen molar-refractivity contribution in [3.63, 3.8) is 0 Å². The molecule has 3 saturated heterocycles. The number of nitrogens with one attached hydrogen (secondary N) is 2. The van der Waals surface area contributed by atoms with Crippen molar-refractivity contribution >= 4 is 45.3 Å². The lowest BCUT2D eigenvalue weighted by Gasteiger charge is -2.37. The summed E-state index contributed by atoms with van der Waals surface area (Å²) in [6.07, 6.45) is 3.96. The van der Waals surface area contributed by atoms with Crippen LogP contribution in [-0.2, 0) is 11.2 Å². The predicted molar refractivity (Wildman–Crippen MR) is 165 cm³/mol. The normalized spacial score (nSPS) is 26.8. The Hall–Kier alpha value is -3.88. The zero-order valence-electron chi connectivity index (χ0n) is 24.9. The van der Waals surface area contributed by atoms with Gasteiger partial charge in [0.05, 0.1) is 41.4 Å². The molecule has 1 aromatic carbocycles. The molecule has 12 nitrogen and oxygen atoms in total. The number of benzene rings is 1. The van der Waals surface area contributed by atoms with Gasteiger partial charge in [-0.25, -0.2) is 13.6 Å². The van der Waals surface area contributed by atoms with E-state index in [1.165, 1.54) is 6.20 Å². The molecular weight excluding hydrogens is 622 g/mol. The Balaban J connectivity index is 1.30. The number of aliphatic hydroxyl groups is 1. The second-order valence-electron chi connectivity index (χ2n) is 12.8. The largest absolute Gasteiger partial charge is 0.461 e. The summed E-state index contributed by atoms with van der Waals surface area (Å²) >= 11 is 6.75. The van der Waals surface area contributed by atoms with E-state index in [9.17, 15) is 14.3 Å². The number of carbonyl (C=O) groups excluding carboxylic acids is 1. The molecule has 0 aliphatic carbocycles. The number of anilines is 1. The molecule has 3 N–H and O–H groups in total. The van der Waals surface area contributed by atoms with Gasteiger partial charge in [-0.1, -0.05) is 11.6 Å². The number of alkyl halides is 1. The third-order valence-corrected chi connectivity index (χ3v) is 10.1. The minimum Gasteiger partial charge on any atom is -0.461 e. The van der Waals surface area contributed by atoms with E-state index in [2.05, 4.69) is 30.4 Å². The van der Waals surface area contributed by atoms with Crippen molar-refractivity contribution in [2.75, 3.05) is 44.3 Å². The topological polar surface area (TPSA) is 142 Å². The van der Waals surface area contributed by atoms with Crippen molar-refractivity contribution < 1.29 is 28.2 Å². The number of aromatic nitrogens is 5. The van der Waals surface area contributed by atoms with Crippen LogP contribution in [0.15, 0.2) is 18.5 Å². The van der Waals surface area contributed by atoms with E-state index in [0.717, 1.165) is 19.4 Å². The highest BCUT2D eigenvalue weighted by Crippen LogP contribution is 2.42. The van der Waals surface area contributed by atoms with E-state index in [1.807, 2.05) is 0 Å². The first-order chi connectivity index (χ1) is 22.3. The molecule has 4 aromatic rings. The van der Waals surface area contributed by atoms with Crippen LogP contribution in [0.2, 0.25) is 5.02 Å². The van der Waals surface area contributed by atoms with Gasteiger partial charge in [-0.2, -0.15) is 15.1 Å². The van der Waals surface area contributed by atoms with Crippen molar-refractivity contribution in [2.24, 2.45) is 0 Å². The summed E-state index contributed by atoms with van der Waals surface area (Å²) in [6.45, 7) is 1.87. The van der Waals surface area contributed by atoms with E-state index in [-0.39, 0.29) is 43.5 Å². The molecule has 0 spiro atoms. The number of aliphatic hydroxyl groups excluding tert-OH is 1. The number of carbonyl (C=O) groups is 1. The summed E-state index contributed by atoms with van der Waals surface area (Å²) in [5.41, 5.74) is 1.26. The highest BCUT2D eigenvalue weighted by atomic mass is 35.5. The fourth-order valence-electron chi connectivity index (χ4n) is 7.74. The number of aromatic amines is 1. The maximum absolute atomic E-state index is 16.9. The highest BCUT2D eigenvalue weighted by Gasteiger charge is 2.49. The molecular formula is C31H33ClF2N8O4. The van der Waals surface area contributed by atoms with Crippen molar-refractivity contribution in [2.45, 2.75) is 62.4 Å². The number of H-pyrrole nitrogens is 1. The minimum absolute atomic E-state index is 0.0146. The van der Waals surface area contributed by atoms with Gasteiger partial charge in [0.15, 0.2) is 5.82 Å². The van der Waals surface area contributed by atoms with Crippen LogP contribution in [0.25, 0.3) is 33.1 Å². The van der Waals surface area contributed by atoms with Crippen LogP contribution in [0, 0.1) is 5.82 Å². The number of hydrogen-bond donors (Lipinski definition) is 3. The summed E-state index contributed by atoms with van der Waals surface area (Å²) in [4.78, 5) is 30.5. The number of rotatable bonds is 3. The number of pyridine rings is 1. The molecule has 0 radical (unpaired) electrons. The number of fused-ring (bicyclic) bond motifs is 8. The van der Waals surface area contributed by atoms with Crippen LogP contribution < -0.4 is 15.0 Å². The molecule has 3 aromatic heterocycles. The SMILES string of the molecule is O=C1N[C@@H]2C[C@H](O)CN(C2)c2nc(OC[C@@]34CCCN3C[C@H](F)C4)nc3c(F)c(ncc23)-c2c(c(Cl)cc3[nH]ncc23)CCCO1. The summed E-state index contributed by atoms with van der Waals surface area (Å²) in [5.74, 6) is -0.382. The standard InChI is InChI=1S/C31H33ClF2N8O4/c32-22-8-23-20(11-36-40-23)24-19(22)3-1-6-45-30(44)37-17-7-18(43)14-41(13-17)28-21-10-35-27(24)25(34)26(21)38-29(39-28)46-15-31-4-2-5-42(31)12-16(33)9-31/h8,10-11,16-18,43H,1-7,9,12-15H2,(H,36,40)(H,37,44)/t16-,17-,18+,31+/m1/s1.